The Labute approximate surface area is 154 Å². The molecular formula is C17H13Cl3N2O2. The number of hydrogen-bond donors (Lipinski definition) is 1. The average molecular weight is 384 g/mol. The van der Waals surface area contributed by atoms with Gasteiger partial charge in [-0.25, -0.2) is 0 Å². The third kappa shape index (κ3) is 3.51. The van der Waals surface area contributed by atoms with Gasteiger partial charge in [-0.3, -0.25) is 9.59 Å². The monoisotopic (exact) mass is 382 g/mol. The maximum absolute atomic E-state index is 12.4. The smallest absolute Gasteiger partial charge is 0.236 e. The van der Waals surface area contributed by atoms with E-state index in [2.05, 4.69) is 5.32 Å². The van der Waals surface area contributed by atoms with Crippen LogP contribution in [0.25, 0.3) is 0 Å². The molecule has 0 fully saturated rings. The van der Waals surface area contributed by atoms with Gasteiger partial charge in [0.25, 0.3) is 0 Å². The number of carbonyl (C=O) groups excluding carboxylic acids is 2. The maximum Gasteiger partial charge on any atom is 0.236 e. The zero-order valence-electron chi connectivity index (χ0n) is 12.5. The van der Waals surface area contributed by atoms with Crippen LogP contribution in [0.15, 0.2) is 36.4 Å². The Kier molecular flexibility index (Phi) is 4.99. The van der Waals surface area contributed by atoms with E-state index in [-0.39, 0.29) is 22.4 Å². The highest BCUT2D eigenvalue weighted by atomic mass is 35.5. The van der Waals surface area contributed by atoms with Crippen molar-refractivity contribution in [3.05, 3.63) is 57.0 Å². The van der Waals surface area contributed by atoms with Crippen LogP contribution in [0.2, 0.25) is 15.1 Å². The zero-order chi connectivity index (χ0) is 17.3. The van der Waals surface area contributed by atoms with Gasteiger partial charge < -0.3 is 10.2 Å². The highest BCUT2D eigenvalue weighted by Crippen LogP contribution is 2.32. The van der Waals surface area contributed by atoms with Gasteiger partial charge in [0.15, 0.2) is 0 Å². The van der Waals surface area contributed by atoms with Gasteiger partial charge in [-0.1, -0.05) is 53.0 Å². The first kappa shape index (κ1) is 17.1. The second-order valence-corrected chi connectivity index (χ2v) is 6.62. The van der Waals surface area contributed by atoms with Crippen LogP contribution in [0.1, 0.15) is 12.0 Å². The van der Waals surface area contributed by atoms with Crippen molar-refractivity contribution in [3.63, 3.8) is 0 Å². The van der Waals surface area contributed by atoms with Crippen molar-refractivity contribution in [1.29, 1.82) is 0 Å². The highest BCUT2D eigenvalue weighted by molar-refractivity contribution is 6.44. The molecule has 0 spiro atoms. The van der Waals surface area contributed by atoms with Crippen LogP contribution in [0.4, 0.5) is 11.4 Å². The van der Waals surface area contributed by atoms with E-state index in [1.54, 1.807) is 4.90 Å². The van der Waals surface area contributed by atoms with Crippen LogP contribution in [0, 0.1) is 0 Å². The Morgan fingerprint density at radius 2 is 1.75 bits per heavy atom. The minimum atomic E-state index is -0.454. The molecule has 0 atom stereocenters. The second-order valence-electron chi connectivity index (χ2n) is 5.40. The predicted molar refractivity (Wildman–Crippen MR) is 97.2 cm³/mol. The van der Waals surface area contributed by atoms with E-state index in [4.69, 9.17) is 34.8 Å². The lowest BCUT2D eigenvalue weighted by atomic mass is 10.2. The standard InChI is InChI=1S/C17H13Cl3N2O2/c18-11-7-13(20)14(8-12(11)19)21-16(23)9-17(24)22-6-5-10-3-1-2-4-15(10)22/h1-4,7-8H,5-6,9H2,(H,21,23). The normalized spacial score (nSPS) is 12.9. The van der Waals surface area contributed by atoms with E-state index >= 15 is 0 Å². The molecule has 24 heavy (non-hydrogen) atoms. The van der Waals surface area contributed by atoms with Gasteiger partial charge in [-0.2, -0.15) is 0 Å². The molecular weight excluding hydrogens is 371 g/mol. The Morgan fingerprint density at radius 3 is 2.54 bits per heavy atom. The lowest BCUT2D eigenvalue weighted by Gasteiger charge is -2.17. The van der Waals surface area contributed by atoms with Gasteiger partial charge in [0.1, 0.15) is 6.42 Å². The number of rotatable bonds is 3. The van der Waals surface area contributed by atoms with E-state index in [0.29, 0.717) is 17.3 Å². The Hall–Kier alpha value is -1.75. The maximum atomic E-state index is 12.4. The summed E-state index contributed by atoms with van der Waals surface area (Å²) in [7, 11) is 0. The van der Waals surface area contributed by atoms with E-state index < -0.39 is 5.91 Å². The molecule has 0 unspecified atom stereocenters. The minimum Gasteiger partial charge on any atom is -0.324 e. The number of carbonyl (C=O) groups is 2. The molecule has 3 rings (SSSR count). The first-order chi connectivity index (χ1) is 11.5. The van der Waals surface area contributed by atoms with Crippen LogP contribution < -0.4 is 10.2 Å². The number of fused-ring (bicyclic) bond motifs is 1. The summed E-state index contributed by atoms with van der Waals surface area (Å²) in [6.45, 7) is 0.582. The number of anilines is 2. The van der Waals surface area contributed by atoms with E-state index in [1.807, 2.05) is 24.3 Å². The molecule has 2 amide bonds. The molecule has 2 aromatic rings. The van der Waals surface area contributed by atoms with Gasteiger partial charge in [0.05, 0.1) is 20.8 Å². The fourth-order valence-electron chi connectivity index (χ4n) is 2.64. The predicted octanol–water partition coefficient (Wildman–Crippen LogP) is 4.56. The summed E-state index contributed by atoms with van der Waals surface area (Å²) >= 11 is 17.8. The van der Waals surface area contributed by atoms with Gasteiger partial charge in [0, 0.05) is 12.2 Å². The SMILES string of the molecule is O=C(CC(=O)N1CCc2ccccc21)Nc1cc(Cl)c(Cl)cc1Cl. The van der Waals surface area contributed by atoms with Crippen LogP contribution in [0.5, 0.6) is 0 Å². The molecule has 0 aliphatic carbocycles. The fourth-order valence-corrected chi connectivity index (χ4v) is 3.24. The first-order valence-electron chi connectivity index (χ1n) is 7.28. The Bertz CT molecular complexity index is 823. The topological polar surface area (TPSA) is 49.4 Å². The lowest BCUT2D eigenvalue weighted by Crippen LogP contribution is -2.32. The molecule has 1 aliphatic rings. The summed E-state index contributed by atoms with van der Waals surface area (Å²) in [6.07, 6.45) is 0.521. The second kappa shape index (κ2) is 7.01. The van der Waals surface area contributed by atoms with Gasteiger partial charge in [0.2, 0.25) is 11.8 Å². The number of amides is 2. The largest absolute Gasteiger partial charge is 0.324 e. The fraction of sp³-hybridized carbons (Fsp3) is 0.176. The molecule has 2 aromatic carbocycles. The number of benzene rings is 2. The van der Waals surface area contributed by atoms with E-state index in [0.717, 1.165) is 17.7 Å². The van der Waals surface area contributed by atoms with Crippen molar-refractivity contribution < 1.29 is 9.59 Å². The first-order valence-corrected chi connectivity index (χ1v) is 8.42. The number of nitrogens with one attached hydrogen (secondary N) is 1. The molecule has 124 valence electrons. The molecule has 7 heteroatoms. The Morgan fingerprint density at radius 1 is 1.04 bits per heavy atom. The summed E-state index contributed by atoms with van der Waals surface area (Å²) in [5.41, 5.74) is 2.30. The van der Waals surface area contributed by atoms with Crippen molar-refractivity contribution >= 4 is 58.0 Å². The van der Waals surface area contributed by atoms with Gasteiger partial charge >= 0.3 is 0 Å². The highest BCUT2D eigenvalue weighted by Gasteiger charge is 2.25. The van der Waals surface area contributed by atoms with Crippen LogP contribution >= 0.6 is 34.8 Å². The summed E-state index contributed by atoms with van der Waals surface area (Å²) < 4.78 is 0. The molecule has 0 aromatic heterocycles. The van der Waals surface area contributed by atoms with Crippen LogP contribution in [-0.4, -0.2) is 18.4 Å². The van der Waals surface area contributed by atoms with Crippen molar-refractivity contribution in [2.45, 2.75) is 12.8 Å². The van der Waals surface area contributed by atoms with E-state index in [1.165, 1.54) is 12.1 Å². The quantitative estimate of drug-likeness (QED) is 0.624. The molecule has 0 saturated carbocycles. The molecule has 1 aliphatic heterocycles. The Balaban J connectivity index is 1.68. The van der Waals surface area contributed by atoms with Crippen molar-refractivity contribution in [2.24, 2.45) is 0 Å². The van der Waals surface area contributed by atoms with Crippen molar-refractivity contribution in [1.82, 2.24) is 0 Å². The molecule has 0 saturated heterocycles. The van der Waals surface area contributed by atoms with Gasteiger partial charge in [-0.15, -0.1) is 0 Å². The number of halogens is 3. The number of para-hydroxylation sites is 1. The lowest BCUT2D eigenvalue weighted by molar-refractivity contribution is -0.125. The van der Waals surface area contributed by atoms with E-state index in [9.17, 15) is 9.59 Å². The zero-order valence-corrected chi connectivity index (χ0v) is 14.8. The summed E-state index contributed by atoms with van der Waals surface area (Å²) in [5.74, 6) is -0.710. The van der Waals surface area contributed by atoms with Crippen LogP contribution in [0.3, 0.4) is 0 Å². The van der Waals surface area contributed by atoms with Crippen molar-refractivity contribution in [3.8, 4) is 0 Å². The van der Waals surface area contributed by atoms with Gasteiger partial charge in [-0.05, 0) is 30.2 Å². The minimum absolute atomic E-state index is 0.256. The summed E-state index contributed by atoms with van der Waals surface area (Å²) in [4.78, 5) is 26.2. The molecule has 1 heterocycles. The summed E-state index contributed by atoms with van der Waals surface area (Å²) in [5, 5.41) is 3.43. The molecule has 0 bridgehead atoms. The average Bonchev–Trinajstić information content (AvgIpc) is 2.96. The molecule has 0 radical (unpaired) electrons. The molecule has 1 N–H and O–H groups in total. The third-order valence-corrected chi connectivity index (χ3v) is 4.82. The number of nitrogens with zero attached hydrogens (tertiary/aromatic N) is 1. The number of hydrogen-bond acceptors (Lipinski definition) is 2. The summed E-state index contributed by atoms with van der Waals surface area (Å²) in [6, 6.07) is 10.6. The van der Waals surface area contributed by atoms with Crippen LogP contribution in [-0.2, 0) is 16.0 Å². The molecule has 4 nitrogen and oxygen atoms in total. The van der Waals surface area contributed by atoms with Crippen molar-refractivity contribution in [2.75, 3.05) is 16.8 Å². The third-order valence-electron chi connectivity index (χ3n) is 3.78.